The van der Waals surface area contributed by atoms with E-state index in [1.54, 1.807) is 0 Å². The highest BCUT2D eigenvalue weighted by atomic mass is 16.2. The number of hydrogen-bond acceptors (Lipinski definition) is 2. The van der Waals surface area contributed by atoms with Crippen LogP contribution in [0.1, 0.15) is 69.8 Å². The van der Waals surface area contributed by atoms with Crippen molar-refractivity contribution in [2.45, 2.75) is 76.7 Å². The molecule has 2 saturated carbocycles. The van der Waals surface area contributed by atoms with E-state index in [-0.39, 0.29) is 17.9 Å². The third-order valence-electron chi connectivity index (χ3n) is 7.05. The molecule has 0 atom stereocenters. The summed E-state index contributed by atoms with van der Waals surface area (Å²) in [4.78, 5) is 28.1. The SMILES string of the molecule is O=C(NC1CCCCCC1)C1(C(=O)N2CCC(Cc3ccccc3)CC2)CC1. The Hall–Kier alpha value is -1.84. The van der Waals surface area contributed by atoms with E-state index < -0.39 is 5.41 Å². The van der Waals surface area contributed by atoms with Gasteiger partial charge in [-0.2, -0.15) is 0 Å². The molecule has 28 heavy (non-hydrogen) atoms. The Labute approximate surface area is 169 Å². The Balaban J connectivity index is 1.28. The fourth-order valence-corrected chi connectivity index (χ4v) is 5.00. The summed E-state index contributed by atoms with van der Waals surface area (Å²) in [6, 6.07) is 10.9. The van der Waals surface area contributed by atoms with E-state index in [2.05, 4.69) is 35.6 Å². The summed E-state index contributed by atoms with van der Waals surface area (Å²) in [5.74, 6) is 0.744. The quantitative estimate of drug-likeness (QED) is 0.616. The van der Waals surface area contributed by atoms with Crippen LogP contribution in [0.25, 0.3) is 0 Å². The van der Waals surface area contributed by atoms with E-state index >= 15 is 0 Å². The second-order valence-electron chi connectivity index (χ2n) is 9.17. The first-order chi connectivity index (χ1) is 13.7. The van der Waals surface area contributed by atoms with Crippen LogP contribution >= 0.6 is 0 Å². The highest BCUT2D eigenvalue weighted by molar-refractivity contribution is 6.08. The van der Waals surface area contributed by atoms with E-state index in [0.717, 1.165) is 58.0 Å². The predicted octanol–water partition coefficient (Wildman–Crippen LogP) is 4.09. The molecule has 0 aromatic heterocycles. The van der Waals surface area contributed by atoms with Gasteiger partial charge in [-0.15, -0.1) is 0 Å². The van der Waals surface area contributed by atoms with Crippen molar-refractivity contribution in [1.82, 2.24) is 10.2 Å². The average molecular weight is 383 g/mol. The summed E-state index contributed by atoms with van der Waals surface area (Å²) in [6.45, 7) is 1.60. The lowest BCUT2D eigenvalue weighted by molar-refractivity contribution is -0.145. The van der Waals surface area contributed by atoms with Gasteiger partial charge in [0.25, 0.3) is 0 Å². The van der Waals surface area contributed by atoms with Crippen molar-refractivity contribution < 1.29 is 9.59 Å². The molecular weight excluding hydrogens is 348 g/mol. The normalized spacial score (nSPS) is 23.1. The summed E-state index contributed by atoms with van der Waals surface area (Å²) in [6.07, 6.45) is 11.7. The summed E-state index contributed by atoms with van der Waals surface area (Å²) < 4.78 is 0. The van der Waals surface area contributed by atoms with Gasteiger partial charge >= 0.3 is 0 Å². The van der Waals surface area contributed by atoms with Crippen LogP contribution in [0.15, 0.2) is 30.3 Å². The number of amides is 2. The lowest BCUT2D eigenvalue weighted by atomic mass is 9.89. The monoisotopic (exact) mass is 382 g/mol. The zero-order chi connectivity index (χ0) is 19.4. The Morgan fingerprint density at radius 2 is 1.57 bits per heavy atom. The number of carbonyl (C=O) groups excluding carboxylic acids is 2. The van der Waals surface area contributed by atoms with Crippen molar-refractivity contribution >= 4 is 11.8 Å². The molecule has 0 unspecified atom stereocenters. The molecule has 0 bridgehead atoms. The van der Waals surface area contributed by atoms with Gasteiger partial charge in [0, 0.05) is 19.1 Å². The molecule has 4 rings (SSSR count). The Kier molecular flexibility index (Phi) is 6.03. The molecule has 4 nitrogen and oxygen atoms in total. The maximum atomic E-state index is 13.2. The van der Waals surface area contributed by atoms with Gasteiger partial charge in [0.2, 0.25) is 11.8 Å². The molecule has 0 spiro atoms. The Morgan fingerprint density at radius 3 is 2.18 bits per heavy atom. The molecule has 1 heterocycles. The van der Waals surface area contributed by atoms with Gasteiger partial charge in [-0.25, -0.2) is 0 Å². The van der Waals surface area contributed by atoms with Crippen molar-refractivity contribution in [2.75, 3.05) is 13.1 Å². The molecule has 3 fully saturated rings. The molecule has 1 aliphatic heterocycles. The van der Waals surface area contributed by atoms with Gasteiger partial charge in [-0.3, -0.25) is 9.59 Å². The smallest absolute Gasteiger partial charge is 0.238 e. The molecule has 3 aliphatic rings. The van der Waals surface area contributed by atoms with E-state index in [1.165, 1.54) is 31.2 Å². The molecule has 1 aromatic rings. The third kappa shape index (κ3) is 4.42. The Morgan fingerprint density at radius 1 is 0.929 bits per heavy atom. The number of nitrogens with one attached hydrogen (secondary N) is 1. The zero-order valence-corrected chi connectivity index (χ0v) is 17.0. The molecule has 1 saturated heterocycles. The average Bonchev–Trinajstić information content (AvgIpc) is 3.55. The topological polar surface area (TPSA) is 49.4 Å². The molecular formula is C24H34N2O2. The number of benzene rings is 1. The second-order valence-corrected chi connectivity index (χ2v) is 9.17. The van der Waals surface area contributed by atoms with E-state index in [4.69, 9.17) is 0 Å². The van der Waals surface area contributed by atoms with Gasteiger partial charge in [0.15, 0.2) is 0 Å². The van der Waals surface area contributed by atoms with Crippen LogP contribution in [0.5, 0.6) is 0 Å². The predicted molar refractivity (Wildman–Crippen MR) is 111 cm³/mol. The Bertz CT molecular complexity index is 667. The van der Waals surface area contributed by atoms with Gasteiger partial charge in [-0.05, 0) is 56.4 Å². The summed E-state index contributed by atoms with van der Waals surface area (Å²) in [7, 11) is 0. The summed E-state index contributed by atoms with van der Waals surface area (Å²) in [5, 5.41) is 3.24. The van der Waals surface area contributed by atoms with E-state index in [1.807, 2.05) is 4.90 Å². The summed E-state index contributed by atoms with van der Waals surface area (Å²) >= 11 is 0. The van der Waals surface area contributed by atoms with Crippen molar-refractivity contribution in [3.8, 4) is 0 Å². The van der Waals surface area contributed by atoms with Gasteiger partial charge in [0.05, 0.1) is 0 Å². The van der Waals surface area contributed by atoms with Gasteiger partial charge in [-0.1, -0.05) is 56.0 Å². The third-order valence-corrected chi connectivity index (χ3v) is 7.05. The van der Waals surface area contributed by atoms with Crippen LogP contribution in [0.4, 0.5) is 0 Å². The van der Waals surface area contributed by atoms with Crippen molar-refractivity contribution in [1.29, 1.82) is 0 Å². The van der Waals surface area contributed by atoms with Gasteiger partial charge < -0.3 is 10.2 Å². The van der Waals surface area contributed by atoms with Gasteiger partial charge in [0.1, 0.15) is 5.41 Å². The largest absolute Gasteiger partial charge is 0.352 e. The minimum atomic E-state index is -0.738. The zero-order valence-electron chi connectivity index (χ0n) is 17.0. The molecule has 0 radical (unpaired) electrons. The molecule has 1 N–H and O–H groups in total. The highest BCUT2D eigenvalue weighted by Crippen LogP contribution is 2.48. The van der Waals surface area contributed by atoms with Crippen LogP contribution in [-0.2, 0) is 16.0 Å². The minimum absolute atomic E-state index is 0.0100. The number of likely N-dealkylation sites (tertiary alicyclic amines) is 1. The van der Waals surface area contributed by atoms with Crippen molar-refractivity contribution in [2.24, 2.45) is 11.3 Å². The van der Waals surface area contributed by atoms with Crippen molar-refractivity contribution in [3.63, 3.8) is 0 Å². The van der Waals surface area contributed by atoms with Crippen LogP contribution < -0.4 is 5.32 Å². The van der Waals surface area contributed by atoms with Crippen LogP contribution in [0.3, 0.4) is 0 Å². The first kappa shape index (κ1) is 19.5. The molecule has 152 valence electrons. The van der Waals surface area contributed by atoms with Crippen LogP contribution in [0.2, 0.25) is 0 Å². The van der Waals surface area contributed by atoms with Crippen LogP contribution in [-0.4, -0.2) is 35.8 Å². The highest BCUT2D eigenvalue weighted by Gasteiger charge is 2.58. The maximum Gasteiger partial charge on any atom is 0.238 e. The van der Waals surface area contributed by atoms with Crippen LogP contribution in [0, 0.1) is 11.3 Å². The lowest BCUT2D eigenvalue weighted by Crippen LogP contribution is -2.49. The fraction of sp³-hybridized carbons (Fsp3) is 0.667. The standard InChI is InChI=1S/C24H34N2O2/c27-22(25-21-10-6-1-2-7-11-21)24(14-15-24)23(28)26-16-12-20(13-17-26)18-19-8-4-3-5-9-19/h3-5,8-9,20-21H,1-2,6-7,10-18H2,(H,25,27). The first-order valence-corrected chi connectivity index (χ1v) is 11.3. The number of nitrogens with zero attached hydrogens (tertiary/aromatic N) is 1. The van der Waals surface area contributed by atoms with E-state index in [9.17, 15) is 9.59 Å². The molecule has 2 amide bonds. The number of rotatable bonds is 5. The van der Waals surface area contributed by atoms with Crippen molar-refractivity contribution in [3.05, 3.63) is 35.9 Å². The second kappa shape index (κ2) is 8.67. The first-order valence-electron chi connectivity index (χ1n) is 11.3. The fourth-order valence-electron chi connectivity index (χ4n) is 5.00. The number of hydrogen-bond donors (Lipinski definition) is 1. The lowest BCUT2D eigenvalue weighted by Gasteiger charge is -2.34. The molecule has 4 heteroatoms. The number of carbonyl (C=O) groups is 2. The van der Waals surface area contributed by atoms with E-state index in [0.29, 0.717) is 5.92 Å². The number of piperidine rings is 1. The maximum absolute atomic E-state index is 13.2. The minimum Gasteiger partial charge on any atom is -0.352 e. The summed E-state index contributed by atoms with van der Waals surface area (Å²) in [5.41, 5.74) is 0.646. The molecule has 1 aromatic carbocycles. The molecule has 2 aliphatic carbocycles.